The van der Waals surface area contributed by atoms with E-state index >= 15 is 0 Å². The molecule has 9 nitrogen and oxygen atoms in total. The highest BCUT2D eigenvalue weighted by Gasteiger charge is 2.33. The lowest BCUT2D eigenvalue weighted by Gasteiger charge is -2.41. The van der Waals surface area contributed by atoms with Crippen molar-refractivity contribution in [3.63, 3.8) is 0 Å². The van der Waals surface area contributed by atoms with E-state index in [2.05, 4.69) is 20.1 Å². The summed E-state index contributed by atoms with van der Waals surface area (Å²) in [7, 11) is -4.11. The van der Waals surface area contributed by atoms with Crippen LogP contribution in [0.5, 0.6) is 0 Å². The third-order valence-electron chi connectivity index (χ3n) is 6.98. The first-order valence-corrected chi connectivity index (χ1v) is 14.1. The number of hydrogen-bond donors (Lipinski definition) is 2. The van der Waals surface area contributed by atoms with Crippen LogP contribution < -0.4 is 5.32 Å². The van der Waals surface area contributed by atoms with Crippen LogP contribution in [-0.2, 0) is 16.8 Å². The van der Waals surface area contributed by atoms with Crippen LogP contribution in [0, 0.1) is 0 Å². The van der Waals surface area contributed by atoms with E-state index in [-0.39, 0.29) is 19.1 Å². The number of piperazine rings is 1. The average Bonchev–Trinajstić information content (AvgIpc) is 3.22. The summed E-state index contributed by atoms with van der Waals surface area (Å²) in [5.41, 5.74) is 0. The molecular weight excluding hydrogens is 450 g/mol. The number of urea groups is 1. The second-order valence-electron chi connectivity index (χ2n) is 9.21. The number of hydrogen-bond acceptors (Lipinski definition) is 6. The van der Waals surface area contributed by atoms with Gasteiger partial charge < -0.3 is 4.90 Å². The number of nitrogens with one attached hydrogen (secondary N) is 1. The van der Waals surface area contributed by atoms with Gasteiger partial charge in [0.15, 0.2) is 5.13 Å². The number of carbonyl (C=O) groups is 1. The van der Waals surface area contributed by atoms with Gasteiger partial charge in [0.1, 0.15) is 0 Å². The Morgan fingerprint density at radius 3 is 2.12 bits per heavy atom. The molecule has 0 radical (unpaired) electrons. The minimum atomic E-state index is -4.11. The van der Waals surface area contributed by atoms with Crippen molar-refractivity contribution in [1.82, 2.24) is 19.1 Å². The molecule has 2 amide bonds. The standard InChI is InChI=1S/C21H35N5O4S2/c27-21(26(17-7-3-1-4-8-17)18-9-5-2-6-10-18)23-20-22-15-19(31-20)16-24-11-13-25(14-12-24)32(28,29)30/h15,17-18H,1-14,16H2,(H,22,23,27)(H,28,29,30). The molecule has 4 rings (SSSR count). The van der Waals surface area contributed by atoms with Crippen molar-refractivity contribution in [1.29, 1.82) is 0 Å². The number of aromatic nitrogens is 1. The van der Waals surface area contributed by atoms with Gasteiger partial charge in [-0.3, -0.25) is 14.8 Å². The fraction of sp³-hybridized carbons (Fsp3) is 0.810. The summed E-state index contributed by atoms with van der Waals surface area (Å²) >= 11 is 1.48. The average molecular weight is 486 g/mol. The van der Waals surface area contributed by atoms with Gasteiger partial charge in [0.25, 0.3) is 0 Å². The molecule has 2 N–H and O–H groups in total. The molecule has 32 heavy (non-hydrogen) atoms. The number of amides is 2. The minimum absolute atomic E-state index is 0.00790. The van der Waals surface area contributed by atoms with E-state index in [0.717, 1.165) is 34.9 Å². The molecule has 1 saturated heterocycles. The first kappa shape index (κ1) is 23.9. The normalized spacial score (nSPS) is 22.7. The Morgan fingerprint density at radius 1 is 1.03 bits per heavy atom. The van der Waals surface area contributed by atoms with Crippen molar-refractivity contribution >= 4 is 32.8 Å². The van der Waals surface area contributed by atoms with Crippen molar-refractivity contribution in [3.8, 4) is 0 Å². The Kier molecular flexibility index (Phi) is 8.04. The van der Waals surface area contributed by atoms with E-state index < -0.39 is 10.3 Å². The number of thiazole rings is 1. The molecule has 3 aliphatic rings. The van der Waals surface area contributed by atoms with Crippen LogP contribution in [0.1, 0.15) is 69.1 Å². The zero-order chi connectivity index (χ0) is 22.6. The first-order chi connectivity index (χ1) is 15.4. The number of anilines is 1. The van der Waals surface area contributed by atoms with Gasteiger partial charge >= 0.3 is 16.3 Å². The van der Waals surface area contributed by atoms with Crippen molar-refractivity contribution < 1.29 is 17.8 Å². The molecule has 180 valence electrons. The van der Waals surface area contributed by atoms with E-state index in [1.807, 2.05) is 0 Å². The maximum absolute atomic E-state index is 13.3. The predicted octanol–water partition coefficient (Wildman–Crippen LogP) is 3.56. The molecule has 2 aliphatic carbocycles. The third kappa shape index (κ3) is 6.19. The van der Waals surface area contributed by atoms with Gasteiger partial charge in [0, 0.05) is 55.9 Å². The van der Waals surface area contributed by atoms with Crippen molar-refractivity contribution in [2.75, 3.05) is 31.5 Å². The maximum atomic E-state index is 13.3. The Labute approximate surface area is 195 Å². The fourth-order valence-electron chi connectivity index (χ4n) is 5.28. The van der Waals surface area contributed by atoms with Crippen LogP contribution in [-0.4, -0.2) is 76.4 Å². The van der Waals surface area contributed by atoms with Gasteiger partial charge in [0.2, 0.25) is 0 Å². The number of carbonyl (C=O) groups excluding carboxylic acids is 1. The minimum Gasteiger partial charge on any atom is -0.319 e. The summed E-state index contributed by atoms with van der Waals surface area (Å²) in [5, 5.41) is 3.70. The maximum Gasteiger partial charge on any atom is 0.335 e. The van der Waals surface area contributed by atoms with Crippen molar-refractivity contribution in [3.05, 3.63) is 11.1 Å². The van der Waals surface area contributed by atoms with Crippen molar-refractivity contribution in [2.24, 2.45) is 0 Å². The van der Waals surface area contributed by atoms with Crippen LogP contribution in [0.15, 0.2) is 6.20 Å². The topological polar surface area (TPSA) is 106 Å². The zero-order valence-electron chi connectivity index (χ0n) is 18.6. The van der Waals surface area contributed by atoms with E-state index in [1.165, 1.54) is 49.9 Å². The quantitative estimate of drug-likeness (QED) is 0.597. The van der Waals surface area contributed by atoms with Gasteiger partial charge in [-0.2, -0.15) is 12.7 Å². The largest absolute Gasteiger partial charge is 0.335 e. The van der Waals surface area contributed by atoms with Gasteiger partial charge in [-0.15, -0.1) is 11.3 Å². The monoisotopic (exact) mass is 485 g/mol. The van der Waals surface area contributed by atoms with Crippen LogP contribution in [0.2, 0.25) is 0 Å². The Balaban J connectivity index is 1.34. The highest BCUT2D eigenvalue weighted by molar-refractivity contribution is 7.83. The lowest BCUT2D eigenvalue weighted by Crippen LogP contribution is -2.50. The summed E-state index contributed by atoms with van der Waals surface area (Å²) < 4.78 is 32.8. The molecule has 11 heteroatoms. The number of nitrogens with zero attached hydrogens (tertiary/aromatic N) is 4. The SMILES string of the molecule is O=C(Nc1ncc(CN2CCN(S(=O)(=O)O)CC2)s1)N(C1CCCCC1)C1CCCCC1. The van der Waals surface area contributed by atoms with E-state index in [0.29, 0.717) is 36.8 Å². The van der Waals surface area contributed by atoms with Gasteiger partial charge in [-0.25, -0.2) is 9.78 Å². The molecule has 0 unspecified atom stereocenters. The molecule has 0 aromatic carbocycles. The summed E-state index contributed by atoms with van der Waals surface area (Å²) in [6, 6.07) is 0.669. The van der Waals surface area contributed by atoms with Crippen LogP contribution >= 0.6 is 11.3 Å². The van der Waals surface area contributed by atoms with E-state index in [9.17, 15) is 13.2 Å². The molecule has 2 heterocycles. The molecule has 0 bridgehead atoms. The molecule has 0 atom stereocenters. The Bertz CT molecular complexity index is 839. The second kappa shape index (κ2) is 10.8. The molecule has 1 aliphatic heterocycles. The van der Waals surface area contributed by atoms with Gasteiger partial charge in [-0.1, -0.05) is 38.5 Å². The lowest BCUT2D eigenvalue weighted by molar-refractivity contribution is 0.114. The molecule has 0 spiro atoms. The highest BCUT2D eigenvalue weighted by atomic mass is 32.2. The first-order valence-electron chi connectivity index (χ1n) is 11.9. The van der Waals surface area contributed by atoms with E-state index in [4.69, 9.17) is 4.55 Å². The number of rotatable bonds is 6. The summed E-state index contributed by atoms with van der Waals surface area (Å²) in [4.78, 5) is 23.1. The Morgan fingerprint density at radius 2 is 1.59 bits per heavy atom. The molecular formula is C21H35N5O4S2. The summed E-state index contributed by atoms with van der Waals surface area (Å²) in [6.07, 6.45) is 13.5. The molecule has 1 aromatic rings. The third-order valence-corrected chi connectivity index (χ3v) is 8.89. The smallest absolute Gasteiger partial charge is 0.319 e. The molecule has 1 aromatic heterocycles. The molecule has 3 fully saturated rings. The van der Waals surface area contributed by atoms with Crippen LogP contribution in [0.25, 0.3) is 0 Å². The summed E-state index contributed by atoms with van der Waals surface area (Å²) in [5.74, 6) is 0. The van der Waals surface area contributed by atoms with Crippen LogP contribution in [0.4, 0.5) is 9.93 Å². The van der Waals surface area contributed by atoms with E-state index in [1.54, 1.807) is 6.20 Å². The highest BCUT2D eigenvalue weighted by Crippen LogP contribution is 2.31. The molecule has 2 saturated carbocycles. The zero-order valence-corrected chi connectivity index (χ0v) is 20.2. The Hall–Kier alpha value is -1.27. The van der Waals surface area contributed by atoms with Crippen LogP contribution in [0.3, 0.4) is 0 Å². The van der Waals surface area contributed by atoms with Gasteiger partial charge in [-0.05, 0) is 25.7 Å². The predicted molar refractivity (Wildman–Crippen MR) is 125 cm³/mol. The second-order valence-corrected chi connectivity index (χ2v) is 11.7. The summed E-state index contributed by atoms with van der Waals surface area (Å²) in [6.45, 7) is 2.31. The van der Waals surface area contributed by atoms with Gasteiger partial charge in [0.05, 0.1) is 0 Å². The van der Waals surface area contributed by atoms with Crippen molar-refractivity contribution in [2.45, 2.75) is 82.8 Å². The fourth-order valence-corrected chi connectivity index (χ4v) is 6.75. The lowest BCUT2D eigenvalue weighted by atomic mass is 9.89.